The molecular formula is C17H26O2. The van der Waals surface area contributed by atoms with E-state index in [2.05, 4.69) is 26.8 Å². The van der Waals surface area contributed by atoms with Crippen LogP contribution in [0.25, 0.3) is 0 Å². The molecule has 0 spiro atoms. The van der Waals surface area contributed by atoms with Gasteiger partial charge in [0, 0.05) is 6.42 Å². The second kappa shape index (κ2) is 6.42. The Morgan fingerprint density at radius 1 is 1.26 bits per heavy atom. The minimum Gasteiger partial charge on any atom is -0.490 e. The molecule has 1 aliphatic rings. The number of aliphatic hydroxyl groups is 1. The fourth-order valence-electron chi connectivity index (χ4n) is 3.10. The van der Waals surface area contributed by atoms with E-state index in [4.69, 9.17) is 4.74 Å². The Hall–Kier alpha value is -1.02. The molecule has 1 aliphatic heterocycles. The van der Waals surface area contributed by atoms with Crippen LogP contribution in [0.1, 0.15) is 63.7 Å². The maximum Gasteiger partial charge on any atom is 0.123 e. The third kappa shape index (κ3) is 3.30. The lowest BCUT2D eigenvalue weighted by atomic mass is 9.87. The average Bonchev–Trinajstić information content (AvgIpc) is 2.76. The molecule has 2 unspecified atom stereocenters. The lowest BCUT2D eigenvalue weighted by Crippen LogP contribution is -2.12. The summed E-state index contributed by atoms with van der Waals surface area (Å²) in [6.45, 7) is 6.47. The maximum atomic E-state index is 10.6. The van der Waals surface area contributed by atoms with Gasteiger partial charge in [0.05, 0.1) is 6.10 Å². The molecule has 2 nitrogen and oxygen atoms in total. The average molecular weight is 262 g/mol. The van der Waals surface area contributed by atoms with Crippen molar-refractivity contribution in [1.29, 1.82) is 0 Å². The van der Waals surface area contributed by atoms with E-state index in [9.17, 15) is 5.11 Å². The number of ether oxygens (including phenoxy) is 1. The second-order valence-electron chi connectivity index (χ2n) is 5.78. The second-order valence-corrected chi connectivity index (χ2v) is 5.78. The molecular weight excluding hydrogens is 236 g/mol. The van der Waals surface area contributed by atoms with Crippen molar-refractivity contribution < 1.29 is 9.84 Å². The highest BCUT2D eigenvalue weighted by Gasteiger charge is 2.23. The highest BCUT2D eigenvalue weighted by atomic mass is 16.5. The van der Waals surface area contributed by atoms with E-state index in [1.165, 1.54) is 5.56 Å². The van der Waals surface area contributed by atoms with Crippen molar-refractivity contribution in [3.05, 3.63) is 29.3 Å². The normalized spacial score (nSPS) is 19.3. The third-order valence-corrected chi connectivity index (χ3v) is 4.03. The zero-order chi connectivity index (χ0) is 13.8. The van der Waals surface area contributed by atoms with Crippen molar-refractivity contribution in [2.24, 2.45) is 5.92 Å². The minimum absolute atomic E-state index is 0.268. The summed E-state index contributed by atoms with van der Waals surface area (Å²) in [5, 5.41) is 10.6. The predicted molar refractivity (Wildman–Crippen MR) is 78.5 cm³/mol. The number of hydrogen-bond acceptors (Lipinski definition) is 2. The summed E-state index contributed by atoms with van der Waals surface area (Å²) < 4.78 is 5.72. The summed E-state index contributed by atoms with van der Waals surface area (Å²) in [7, 11) is 0. The van der Waals surface area contributed by atoms with Crippen LogP contribution in [0.3, 0.4) is 0 Å². The Bertz CT molecular complexity index is 408. The molecule has 0 radical (unpaired) electrons. The van der Waals surface area contributed by atoms with Crippen LogP contribution in [0.2, 0.25) is 0 Å². The van der Waals surface area contributed by atoms with Gasteiger partial charge < -0.3 is 9.84 Å². The molecule has 0 aliphatic carbocycles. The van der Waals surface area contributed by atoms with Crippen LogP contribution < -0.4 is 4.74 Å². The summed E-state index contributed by atoms with van der Waals surface area (Å²) >= 11 is 0. The van der Waals surface area contributed by atoms with Crippen LogP contribution in [-0.2, 0) is 6.42 Å². The van der Waals surface area contributed by atoms with Crippen molar-refractivity contribution in [1.82, 2.24) is 0 Å². The topological polar surface area (TPSA) is 29.5 Å². The van der Waals surface area contributed by atoms with Gasteiger partial charge in [-0.25, -0.2) is 0 Å². The van der Waals surface area contributed by atoms with E-state index in [1.54, 1.807) is 0 Å². The molecule has 1 aromatic carbocycles. The standard InChI is InChI=1S/C17H26O2/c1-4-6-13(7-5-2)17(18)14-8-9-16-15(11-14)10-12(3)19-16/h8-9,11-13,17-18H,4-7,10H2,1-3H3. The van der Waals surface area contributed by atoms with E-state index in [0.717, 1.165) is 43.4 Å². The van der Waals surface area contributed by atoms with Gasteiger partial charge in [-0.05, 0) is 48.9 Å². The van der Waals surface area contributed by atoms with Gasteiger partial charge in [-0.1, -0.05) is 32.8 Å². The molecule has 2 heteroatoms. The van der Waals surface area contributed by atoms with Gasteiger partial charge in [0.25, 0.3) is 0 Å². The quantitative estimate of drug-likeness (QED) is 0.830. The summed E-state index contributed by atoms with van der Waals surface area (Å²) in [5.41, 5.74) is 2.30. The van der Waals surface area contributed by atoms with Crippen molar-refractivity contribution >= 4 is 0 Å². The van der Waals surface area contributed by atoms with E-state index < -0.39 is 0 Å². The molecule has 0 amide bonds. The highest BCUT2D eigenvalue weighted by Crippen LogP contribution is 2.35. The van der Waals surface area contributed by atoms with Crippen molar-refractivity contribution in [3.63, 3.8) is 0 Å². The monoisotopic (exact) mass is 262 g/mol. The van der Waals surface area contributed by atoms with E-state index in [1.807, 2.05) is 12.1 Å². The Morgan fingerprint density at radius 3 is 2.58 bits per heavy atom. The lowest BCUT2D eigenvalue weighted by molar-refractivity contribution is 0.0964. The maximum absolute atomic E-state index is 10.6. The van der Waals surface area contributed by atoms with Gasteiger partial charge >= 0.3 is 0 Å². The van der Waals surface area contributed by atoms with Crippen LogP contribution >= 0.6 is 0 Å². The molecule has 1 N–H and O–H groups in total. The molecule has 2 rings (SSSR count). The first-order chi connectivity index (χ1) is 9.15. The molecule has 0 fully saturated rings. The molecule has 0 saturated heterocycles. The van der Waals surface area contributed by atoms with Crippen LogP contribution in [0.4, 0.5) is 0 Å². The first kappa shape index (κ1) is 14.4. The van der Waals surface area contributed by atoms with Crippen molar-refractivity contribution in [2.75, 3.05) is 0 Å². The SMILES string of the molecule is CCCC(CCC)C(O)c1ccc2c(c1)CC(C)O2. The van der Waals surface area contributed by atoms with Gasteiger partial charge in [-0.2, -0.15) is 0 Å². The zero-order valence-corrected chi connectivity index (χ0v) is 12.4. The smallest absolute Gasteiger partial charge is 0.123 e. The summed E-state index contributed by atoms with van der Waals surface area (Å²) in [5.74, 6) is 1.37. The number of rotatable bonds is 6. The Labute approximate surface area is 116 Å². The van der Waals surface area contributed by atoms with Gasteiger partial charge in [0.15, 0.2) is 0 Å². The molecule has 0 aromatic heterocycles. The fraction of sp³-hybridized carbons (Fsp3) is 0.647. The Balaban J connectivity index is 2.14. The molecule has 0 saturated carbocycles. The molecule has 0 bridgehead atoms. The number of benzene rings is 1. The number of hydrogen-bond donors (Lipinski definition) is 1. The van der Waals surface area contributed by atoms with Crippen molar-refractivity contribution in [2.45, 2.75) is 65.1 Å². The number of aliphatic hydroxyl groups excluding tert-OH is 1. The summed E-state index contributed by atoms with van der Waals surface area (Å²) in [6.07, 6.45) is 5.35. The molecule has 1 heterocycles. The van der Waals surface area contributed by atoms with Crippen LogP contribution in [0.5, 0.6) is 5.75 Å². The zero-order valence-electron chi connectivity index (χ0n) is 12.4. The van der Waals surface area contributed by atoms with Gasteiger partial charge in [0.2, 0.25) is 0 Å². The molecule has 106 valence electrons. The lowest BCUT2D eigenvalue weighted by Gasteiger charge is -2.22. The van der Waals surface area contributed by atoms with E-state index in [-0.39, 0.29) is 12.2 Å². The largest absolute Gasteiger partial charge is 0.490 e. The van der Waals surface area contributed by atoms with E-state index in [0.29, 0.717) is 5.92 Å². The Kier molecular flexibility index (Phi) is 4.87. The fourth-order valence-corrected chi connectivity index (χ4v) is 3.10. The molecule has 2 atom stereocenters. The van der Waals surface area contributed by atoms with Gasteiger partial charge in [-0.3, -0.25) is 0 Å². The van der Waals surface area contributed by atoms with Crippen LogP contribution in [0.15, 0.2) is 18.2 Å². The third-order valence-electron chi connectivity index (χ3n) is 4.03. The first-order valence-corrected chi connectivity index (χ1v) is 7.63. The van der Waals surface area contributed by atoms with Crippen LogP contribution in [-0.4, -0.2) is 11.2 Å². The first-order valence-electron chi connectivity index (χ1n) is 7.63. The molecule has 1 aromatic rings. The highest BCUT2D eigenvalue weighted by molar-refractivity contribution is 5.41. The van der Waals surface area contributed by atoms with Crippen LogP contribution in [0, 0.1) is 5.92 Å². The van der Waals surface area contributed by atoms with Gasteiger partial charge in [0.1, 0.15) is 11.9 Å². The molecule has 19 heavy (non-hydrogen) atoms. The summed E-state index contributed by atoms with van der Waals surface area (Å²) in [6, 6.07) is 6.19. The van der Waals surface area contributed by atoms with Gasteiger partial charge in [-0.15, -0.1) is 0 Å². The van der Waals surface area contributed by atoms with Crippen molar-refractivity contribution in [3.8, 4) is 5.75 Å². The minimum atomic E-state index is -0.332. The van der Waals surface area contributed by atoms with E-state index >= 15 is 0 Å². The summed E-state index contributed by atoms with van der Waals surface area (Å²) in [4.78, 5) is 0. The Morgan fingerprint density at radius 2 is 1.95 bits per heavy atom. The predicted octanol–water partition coefficient (Wildman–Crippen LogP) is 4.26. The number of fused-ring (bicyclic) bond motifs is 1.